The number of hydrogen-bond donors (Lipinski definition) is 2. The van der Waals surface area contributed by atoms with Crippen LogP contribution in [0.4, 0.5) is 9.18 Å². The fraction of sp³-hybridized carbons (Fsp3) is 0.692. The summed E-state index contributed by atoms with van der Waals surface area (Å²) in [6.07, 6.45) is 3.02. The molecule has 1 fully saturated rings. The minimum atomic E-state index is -3.19. The third-order valence-electron chi connectivity index (χ3n) is 2.93. The zero-order valence-electron chi connectivity index (χ0n) is 12.6. The molecule has 0 aromatic rings. The van der Waals surface area contributed by atoms with E-state index < -0.39 is 29.8 Å². The van der Waals surface area contributed by atoms with E-state index in [1.54, 1.807) is 5.32 Å². The molecule has 2 atom stereocenters. The van der Waals surface area contributed by atoms with Crippen molar-refractivity contribution < 1.29 is 28.3 Å². The Morgan fingerprint density at radius 2 is 2.14 bits per heavy atom. The summed E-state index contributed by atoms with van der Waals surface area (Å²) >= 11 is 0. The quantitative estimate of drug-likeness (QED) is 0.228. The lowest BCUT2D eigenvalue weighted by Gasteiger charge is -2.32. The molecule has 9 heteroatoms. The van der Waals surface area contributed by atoms with Gasteiger partial charge < -0.3 is 9.57 Å². The highest BCUT2D eigenvalue weighted by molar-refractivity contribution is 6.14. The molecule has 1 rings (SSSR count). The number of esters is 1. The Morgan fingerprint density at radius 3 is 2.77 bits per heavy atom. The van der Waals surface area contributed by atoms with Crippen molar-refractivity contribution in [2.75, 3.05) is 6.61 Å². The summed E-state index contributed by atoms with van der Waals surface area (Å²) in [7, 11) is 0. The molecule has 2 unspecified atom stereocenters. The molecule has 0 saturated carbocycles. The van der Waals surface area contributed by atoms with Gasteiger partial charge in [0, 0.05) is 6.21 Å². The van der Waals surface area contributed by atoms with Crippen LogP contribution in [0.1, 0.15) is 39.5 Å². The SMILES string of the molecule is CCCCCC=NOC1NC(=O)NC(=O)C1(F)C(=O)OCC. The van der Waals surface area contributed by atoms with Crippen LogP contribution in [-0.4, -0.2) is 42.6 Å². The zero-order valence-corrected chi connectivity index (χ0v) is 12.6. The molecule has 8 nitrogen and oxygen atoms in total. The number of nitrogens with one attached hydrogen (secondary N) is 2. The summed E-state index contributed by atoms with van der Waals surface area (Å²) in [6, 6.07) is -0.978. The molecule has 3 amide bonds. The van der Waals surface area contributed by atoms with Crippen molar-refractivity contribution in [3.8, 4) is 0 Å². The number of carbonyl (C=O) groups excluding carboxylic acids is 3. The average molecular weight is 317 g/mol. The number of urea groups is 1. The van der Waals surface area contributed by atoms with Gasteiger partial charge in [-0.05, 0) is 19.8 Å². The molecule has 1 saturated heterocycles. The fourth-order valence-electron chi connectivity index (χ4n) is 1.74. The highest BCUT2D eigenvalue weighted by Gasteiger charge is 2.61. The second kappa shape index (κ2) is 8.30. The Bertz CT molecular complexity index is 457. The molecule has 1 aliphatic heterocycles. The van der Waals surface area contributed by atoms with Gasteiger partial charge in [0.1, 0.15) is 0 Å². The number of alkyl halides is 1. The summed E-state index contributed by atoms with van der Waals surface area (Å²) < 4.78 is 19.2. The van der Waals surface area contributed by atoms with E-state index >= 15 is 0 Å². The molecule has 0 aromatic carbocycles. The lowest BCUT2D eigenvalue weighted by Crippen LogP contribution is -2.70. The Hall–Kier alpha value is -2.19. The average Bonchev–Trinajstić information content (AvgIpc) is 2.47. The minimum Gasteiger partial charge on any atom is -0.463 e. The van der Waals surface area contributed by atoms with E-state index in [1.807, 2.05) is 12.2 Å². The second-order valence-corrected chi connectivity index (χ2v) is 4.63. The maximum atomic E-state index is 14.7. The second-order valence-electron chi connectivity index (χ2n) is 4.63. The summed E-state index contributed by atoms with van der Waals surface area (Å²) in [5.74, 6) is -2.89. The Labute approximate surface area is 127 Å². The van der Waals surface area contributed by atoms with Crippen LogP contribution in [0, 0.1) is 0 Å². The predicted octanol–water partition coefficient (Wildman–Crippen LogP) is 1.01. The van der Waals surface area contributed by atoms with E-state index in [-0.39, 0.29) is 6.61 Å². The van der Waals surface area contributed by atoms with Gasteiger partial charge in [-0.2, -0.15) is 0 Å². The number of imide groups is 1. The van der Waals surface area contributed by atoms with Crippen molar-refractivity contribution in [3.05, 3.63) is 0 Å². The highest BCUT2D eigenvalue weighted by atomic mass is 19.1. The third kappa shape index (κ3) is 4.15. The molecular weight excluding hydrogens is 297 g/mol. The van der Waals surface area contributed by atoms with Crippen LogP contribution in [-0.2, 0) is 19.2 Å². The van der Waals surface area contributed by atoms with Gasteiger partial charge in [-0.3, -0.25) is 15.4 Å². The Balaban J connectivity index is 2.75. The molecule has 0 spiro atoms. The lowest BCUT2D eigenvalue weighted by atomic mass is 10.0. The summed E-state index contributed by atoms with van der Waals surface area (Å²) in [5, 5.41) is 7.16. The van der Waals surface area contributed by atoms with Crippen molar-refractivity contribution in [2.24, 2.45) is 5.16 Å². The normalized spacial score (nSPS) is 24.8. The first kappa shape index (κ1) is 17.9. The molecule has 0 bridgehead atoms. The highest BCUT2D eigenvalue weighted by Crippen LogP contribution is 2.23. The molecule has 0 aromatic heterocycles. The van der Waals surface area contributed by atoms with Gasteiger partial charge in [-0.1, -0.05) is 24.9 Å². The maximum Gasteiger partial charge on any atom is 0.360 e. The van der Waals surface area contributed by atoms with E-state index in [4.69, 9.17) is 4.84 Å². The van der Waals surface area contributed by atoms with Crippen molar-refractivity contribution >= 4 is 24.1 Å². The fourth-order valence-corrected chi connectivity index (χ4v) is 1.74. The first-order chi connectivity index (χ1) is 10.5. The van der Waals surface area contributed by atoms with Gasteiger partial charge in [0.25, 0.3) is 12.1 Å². The van der Waals surface area contributed by atoms with Gasteiger partial charge in [0.15, 0.2) is 0 Å². The van der Waals surface area contributed by atoms with Crippen LogP contribution in [0.3, 0.4) is 0 Å². The zero-order chi connectivity index (χ0) is 16.6. The van der Waals surface area contributed by atoms with Crippen molar-refractivity contribution in [1.82, 2.24) is 10.6 Å². The Kier molecular flexibility index (Phi) is 6.74. The van der Waals surface area contributed by atoms with E-state index in [0.717, 1.165) is 19.3 Å². The molecule has 2 N–H and O–H groups in total. The summed E-state index contributed by atoms with van der Waals surface area (Å²) in [6.45, 7) is 3.38. The van der Waals surface area contributed by atoms with Gasteiger partial charge >= 0.3 is 17.7 Å². The monoisotopic (exact) mass is 317 g/mol. The standard InChI is InChI=1S/C13H20FN3O5/c1-3-5-6-7-8-15-22-10-13(14,11(19)21-4-2)9(18)16-12(20)17-10/h8,10H,3-7H2,1-2H3,(H2,16,17,18,20). The largest absolute Gasteiger partial charge is 0.463 e. The van der Waals surface area contributed by atoms with Crippen LogP contribution in [0.5, 0.6) is 0 Å². The van der Waals surface area contributed by atoms with Crippen molar-refractivity contribution in [1.29, 1.82) is 0 Å². The van der Waals surface area contributed by atoms with Crippen molar-refractivity contribution in [2.45, 2.75) is 51.4 Å². The number of unbranched alkanes of at least 4 members (excludes halogenated alkanes) is 3. The predicted molar refractivity (Wildman–Crippen MR) is 74.7 cm³/mol. The number of halogens is 1. The number of rotatable bonds is 8. The van der Waals surface area contributed by atoms with E-state index in [2.05, 4.69) is 9.89 Å². The molecule has 124 valence electrons. The number of amides is 3. The molecule has 0 radical (unpaired) electrons. The number of ether oxygens (including phenoxy) is 1. The van der Waals surface area contributed by atoms with E-state index in [1.165, 1.54) is 13.1 Å². The minimum absolute atomic E-state index is 0.126. The van der Waals surface area contributed by atoms with Crippen LogP contribution in [0.15, 0.2) is 5.16 Å². The molecule has 1 heterocycles. The van der Waals surface area contributed by atoms with Crippen LogP contribution < -0.4 is 10.6 Å². The van der Waals surface area contributed by atoms with Crippen LogP contribution in [0.25, 0.3) is 0 Å². The maximum absolute atomic E-state index is 14.7. The van der Waals surface area contributed by atoms with Crippen LogP contribution >= 0.6 is 0 Å². The molecule has 22 heavy (non-hydrogen) atoms. The topological polar surface area (TPSA) is 106 Å². The third-order valence-corrected chi connectivity index (χ3v) is 2.93. The summed E-state index contributed by atoms with van der Waals surface area (Å²) in [4.78, 5) is 39.3. The molecule has 1 aliphatic rings. The van der Waals surface area contributed by atoms with E-state index in [9.17, 15) is 18.8 Å². The number of hydrogen-bond acceptors (Lipinski definition) is 6. The van der Waals surface area contributed by atoms with Crippen LogP contribution in [0.2, 0.25) is 0 Å². The lowest BCUT2D eigenvalue weighted by molar-refractivity contribution is -0.179. The summed E-state index contributed by atoms with van der Waals surface area (Å²) in [5.41, 5.74) is -3.19. The first-order valence-corrected chi connectivity index (χ1v) is 7.12. The molecule has 0 aliphatic carbocycles. The van der Waals surface area contributed by atoms with Gasteiger partial charge in [0.05, 0.1) is 6.61 Å². The van der Waals surface area contributed by atoms with E-state index in [0.29, 0.717) is 6.42 Å². The van der Waals surface area contributed by atoms with Gasteiger partial charge in [0.2, 0.25) is 0 Å². The number of carbonyl (C=O) groups is 3. The molecular formula is C13H20FN3O5. The smallest absolute Gasteiger partial charge is 0.360 e. The van der Waals surface area contributed by atoms with Gasteiger partial charge in [-0.25, -0.2) is 14.0 Å². The number of nitrogens with zero attached hydrogens (tertiary/aromatic N) is 1. The van der Waals surface area contributed by atoms with Gasteiger partial charge in [-0.15, -0.1) is 0 Å². The first-order valence-electron chi connectivity index (χ1n) is 7.12. The number of oxime groups is 1. The van der Waals surface area contributed by atoms with Crippen molar-refractivity contribution in [3.63, 3.8) is 0 Å². The Morgan fingerprint density at radius 1 is 1.41 bits per heavy atom.